The summed E-state index contributed by atoms with van der Waals surface area (Å²) in [6.07, 6.45) is 1.60. The molecule has 0 bridgehead atoms. The number of aromatic nitrogens is 1. The predicted octanol–water partition coefficient (Wildman–Crippen LogP) is 11.0. The molecule has 0 N–H and O–H groups in total. The molecule has 0 aliphatic rings. The Kier molecular flexibility index (Phi) is 7.20. The van der Waals surface area contributed by atoms with E-state index in [1.807, 2.05) is 42.5 Å². The maximum Gasteiger partial charge on any atom is 0.236 e. The molecule has 0 amide bonds. The Labute approximate surface area is 274 Å². The van der Waals surface area contributed by atoms with Gasteiger partial charge in [0, 0.05) is 11.5 Å². The molecule has 224 valence electrons. The van der Waals surface area contributed by atoms with Gasteiger partial charge < -0.3 is 9.94 Å². The summed E-state index contributed by atoms with van der Waals surface area (Å²) in [7, 11) is 1.68. The van der Waals surface area contributed by atoms with Crippen molar-refractivity contribution in [1.29, 1.82) is 0 Å². The largest absolute Gasteiger partial charge is 0.618 e. The standard InChI is InChI=1S/C44H31NO2/c1-47-37-27-26-36-38(31-17-6-2-7-18-31)39(32-19-8-3-9-20-32)40(33-21-10-4-11-22-33)41(34-23-12-5-13-24-34)42(36)43(37)44-35-25-15-14-16-30(35)28-29-45(44)46/h2-29H,1H3. The molecule has 1 aromatic heterocycles. The molecule has 0 unspecified atom stereocenters. The highest BCUT2D eigenvalue weighted by molar-refractivity contribution is 6.23. The number of hydrogen-bond donors (Lipinski definition) is 0. The van der Waals surface area contributed by atoms with Crippen LogP contribution in [0.15, 0.2) is 170 Å². The topological polar surface area (TPSA) is 36.2 Å². The fourth-order valence-corrected chi connectivity index (χ4v) is 7.00. The lowest BCUT2D eigenvalue weighted by Crippen LogP contribution is -2.28. The molecule has 0 atom stereocenters. The zero-order valence-corrected chi connectivity index (χ0v) is 25.9. The van der Waals surface area contributed by atoms with E-state index < -0.39 is 0 Å². The molecule has 7 aromatic carbocycles. The van der Waals surface area contributed by atoms with E-state index >= 15 is 0 Å². The number of hydrogen-bond acceptors (Lipinski definition) is 2. The zero-order chi connectivity index (χ0) is 31.7. The maximum absolute atomic E-state index is 14.1. The summed E-state index contributed by atoms with van der Waals surface area (Å²) >= 11 is 0. The fourth-order valence-electron chi connectivity index (χ4n) is 7.00. The Balaban J connectivity index is 1.72. The molecule has 3 heteroatoms. The van der Waals surface area contributed by atoms with Crippen molar-refractivity contribution in [2.24, 2.45) is 0 Å². The van der Waals surface area contributed by atoms with E-state index in [2.05, 4.69) is 121 Å². The van der Waals surface area contributed by atoms with Crippen LogP contribution in [0.5, 0.6) is 5.75 Å². The fraction of sp³-hybridized carbons (Fsp3) is 0.0227. The van der Waals surface area contributed by atoms with E-state index in [4.69, 9.17) is 4.74 Å². The van der Waals surface area contributed by atoms with Crippen LogP contribution in [0.1, 0.15) is 0 Å². The highest BCUT2D eigenvalue weighted by Crippen LogP contribution is 2.54. The number of pyridine rings is 1. The van der Waals surface area contributed by atoms with E-state index in [1.165, 1.54) is 0 Å². The Morgan fingerprint density at radius 1 is 0.426 bits per heavy atom. The highest BCUT2D eigenvalue weighted by atomic mass is 16.5. The van der Waals surface area contributed by atoms with Crippen molar-refractivity contribution in [2.45, 2.75) is 0 Å². The third-order valence-corrected chi connectivity index (χ3v) is 8.97. The molecule has 47 heavy (non-hydrogen) atoms. The van der Waals surface area contributed by atoms with Gasteiger partial charge in [-0.3, -0.25) is 0 Å². The summed E-state index contributed by atoms with van der Waals surface area (Å²) in [5.41, 5.74) is 10.1. The lowest BCUT2D eigenvalue weighted by Gasteiger charge is -2.26. The van der Waals surface area contributed by atoms with E-state index in [9.17, 15) is 5.21 Å². The molecular formula is C44H31NO2. The molecule has 0 spiro atoms. The van der Waals surface area contributed by atoms with Crippen molar-refractivity contribution in [3.8, 4) is 61.5 Å². The average Bonchev–Trinajstić information content (AvgIpc) is 3.15. The van der Waals surface area contributed by atoms with Gasteiger partial charge in [0.25, 0.3) is 0 Å². The monoisotopic (exact) mass is 605 g/mol. The SMILES string of the molecule is COc1ccc2c(-c3ccccc3)c(-c3ccccc3)c(-c3ccccc3)c(-c3ccccc3)c2c1-c1c2ccccc2cc[n+]1[O-]. The number of nitrogens with zero attached hydrogens (tertiary/aromatic N) is 1. The first kappa shape index (κ1) is 28.3. The maximum atomic E-state index is 14.1. The Hall–Kier alpha value is -6.19. The molecule has 1 heterocycles. The predicted molar refractivity (Wildman–Crippen MR) is 194 cm³/mol. The second kappa shape index (κ2) is 12.0. The Bertz CT molecular complexity index is 2370. The Morgan fingerprint density at radius 2 is 0.894 bits per heavy atom. The molecule has 8 aromatic rings. The summed E-state index contributed by atoms with van der Waals surface area (Å²) in [6, 6.07) is 56.4. The van der Waals surface area contributed by atoms with Crippen molar-refractivity contribution in [3.05, 3.63) is 175 Å². The van der Waals surface area contributed by atoms with Crippen molar-refractivity contribution < 1.29 is 9.47 Å². The smallest absolute Gasteiger partial charge is 0.236 e. The second-order valence-electron chi connectivity index (χ2n) is 11.6. The van der Waals surface area contributed by atoms with Gasteiger partial charge in [0.05, 0.1) is 18.1 Å². The summed E-state index contributed by atoms with van der Waals surface area (Å²) in [6.45, 7) is 0. The third kappa shape index (κ3) is 4.81. The summed E-state index contributed by atoms with van der Waals surface area (Å²) in [5.74, 6) is 0.640. The molecule has 0 aliphatic heterocycles. The van der Waals surface area contributed by atoms with E-state index in [0.717, 1.165) is 76.3 Å². The van der Waals surface area contributed by atoms with Crippen molar-refractivity contribution >= 4 is 21.5 Å². The molecule has 0 saturated carbocycles. The molecule has 0 radical (unpaired) electrons. The number of fused-ring (bicyclic) bond motifs is 2. The van der Waals surface area contributed by atoms with Crippen molar-refractivity contribution in [1.82, 2.24) is 0 Å². The Morgan fingerprint density at radius 3 is 1.45 bits per heavy atom. The van der Waals surface area contributed by atoms with Gasteiger partial charge in [-0.15, -0.1) is 0 Å². The molecular weight excluding hydrogens is 574 g/mol. The van der Waals surface area contributed by atoms with Crippen LogP contribution in [0.25, 0.3) is 77.3 Å². The van der Waals surface area contributed by atoms with Gasteiger partial charge in [-0.2, -0.15) is 4.73 Å². The minimum Gasteiger partial charge on any atom is -0.618 e. The second-order valence-corrected chi connectivity index (χ2v) is 11.6. The molecule has 0 saturated heterocycles. The highest BCUT2D eigenvalue weighted by Gasteiger charge is 2.30. The van der Waals surface area contributed by atoms with Crippen LogP contribution in [0.3, 0.4) is 0 Å². The van der Waals surface area contributed by atoms with Crippen LogP contribution in [0.4, 0.5) is 0 Å². The molecule has 0 fully saturated rings. The van der Waals surface area contributed by atoms with Gasteiger partial charge in [-0.05, 0) is 73.5 Å². The summed E-state index contributed by atoms with van der Waals surface area (Å²) in [5, 5.41) is 17.9. The van der Waals surface area contributed by atoms with Crippen molar-refractivity contribution in [2.75, 3.05) is 7.11 Å². The normalized spacial score (nSPS) is 11.2. The summed E-state index contributed by atoms with van der Waals surface area (Å²) in [4.78, 5) is 0. The minimum atomic E-state index is 0.563. The van der Waals surface area contributed by atoms with Crippen LogP contribution in [0.2, 0.25) is 0 Å². The van der Waals surface area contributed by atoms with E-state index in [0.29, 0.717) is 11.4 Å². The zero-order valence-electron chi connectivity index (χ0n) is 25.9. The van der Waals surface area contributed by atoms with Gasteiger partial charge in [0.15, 0.2) is 6.20 Å². The minimum absolute atomic E-state index is 0.563. The van der Waals surface area contributed by atoms with Gasteiger partial charge in [-0.25, -0.2) is 0 Å². The van der Waals surface area contributed by atoms with Gasteiger partial charge in [-0.1, -0.05) is 140 Å². The first-order valence-electron chi connectivity index (χ1n) is 15.8. The quantitative estimate of drug-likeness (QED) is 0.140. The summed E-state index contributed by atoms with van der Waals surface area (Å²) < 4.78 is 7.15. The van der Waals surface area contributed by atoms with Gasteiger partial charge >= 0.3 is 0 Å². The average molecular weight is 606 g/mol. The molecule has 3 nitrogen and oxygen atoms in total. The van der Waals surface area contributed by atoms with E-state index in [1.54, 1.807) is 13.3 Å². The lowest BCUT2D eigenvalue weighted by molar-refractivity contribution is -0.592. The van der Waals surface area contributed by atoms with E-state index in [-0.39, 0.29) is 0 Å². The molecule has 8 rings (SSSR count). The van der Waals surface area contributed by atoms with Crippen LogP contribution < -0.4 is 9.47 Å². The van der Waals surface area contributed by atoms with Crippen LogP contribution in [-0.4, -0.2) is 7.11 Å². The first-order valence-corrected chi connectivity index (χ1v) is 15.8. The number of benzene rings is 7. The lowest BCUT2D eigenvalue weighted by atomic mass is 9.77. The van der Waals surface area contributed by atoms with Crippen LogP contribution in [0, 0.1) is 5.21 Å². The first-order chi connectivity index (χ1) is 23.2. The van der Waals surface area contributed by atoms with Crippen LogP contribution >= 0.6 is 0 Å². The van der Waals surface area contributed by atoms with Crippen molar-refractivity contribution in [3.63, 3.8) is 0 Å². The number of ether oxygens (including phenoxy) is 1. The number of rotatable bonds is 6. The molecule has 0 aliphatic carbocycles. The number of methoxy groups -OCH3 is 1. The van der Waals surface area contributed by atoms with Crippen LogP contribution in [-0.2, 0) is 0 Å². The van der Waals surface area contributed by atoms with Gasteiger partial charge in [0.2, 0.25) is 5.69 Å². The van der Waals surface area contributed by atoms with Gasteiger partial charge in [0.1, 0.15) is 5.75 Å². The third-order valence-electron chi connectivity index (χ3n) is 8.97.